The van der Waals surface area contributed by atoms with Crippen LogP contribution in [0.5, 0.6) is 5.75 Å². The average Bonchev–Trinajstić information content (AvgIpc) is 3.02. The number of nitro groups is 1. The fourth-order valence-corrected chi connectivity index (χ4v) is 2.72. The van der Waals surface area contributed by atoms with E-state index in [-0.39, 0.29) is 15.5 Å². The van der Waals surface area contributed by atoms with Gasteiger partial charge < -0.3 is 4.74 Å². The first-order valence-electron chi connectivity index (χ1n) is 7.88. The number of rotatable bonds is 6. The van der Waals surface area contributed by atoms with Crippen LogP contribution in [-0.4, -0.2) is 32.6 Å². The van der Waals surface area contributed by atoms with Crippen LogP contribution in [0.3, 0.4) is 0 Å². The normalized spacial score (nSPS) is 11.0. The summed E-state index contributed by atoms with van der Waals surface area (Å²) in [5, 5.41) is 22.3. The number of H-pyrrole nitrogens is 1. The minimum atomic E-state index is -0.548. The maximum absolute atomic E-state index is 11.0. The molecule has 0 atom stereocenters. The number of aromatic nitrogens is 3. The summed E-state index contributed by atoms with van der Waals surface area (Å²) in [5.74, 6) is 1.19. The van der Waals surface area contributed by atoms with Crippen molar-refractivity contribution in [2.75, 3.05) is 6.61 Å². The molecule has 0 saturated heterocycles. The van der Waals surface area contributed by atoms with E-state index in [1.807, 2.05) is 31.2 Å². The zero-order chi connectivity index (χ0) is 19.4. The van der Waals surface area contributed by atoms with Crippen LogP contribution in [0.1, 0.15) is 12.5 Å². The Morgan fingerprint density at radius 3 is 2.96 bits per heavy atom. The molecule has 2 aromatic carbocycles. The van der Waals surface area contributed by atoms with Gasteiger partial charge in [-0.25, -0.2) is 5.10 Å². The van der Waals surface area contributed by atoms with Gasteiger partial charge in [-0.2, -0.15) is 14.9 Å². The number of hydrogen-bond donors (Lipinski definition) is 1. The van der Waals surface area contributed by atoms with E-state index < -0.39 is 4.92 Å². The molecule has 0 aliphatic carbocycles. The van der Waals surface area contributed by atoms with Crippen LogP contribution < -0.4 is 4.74 Å². The van der Waals surface area contributed by atoms with Crippen LogP contribution in [0, 0.1) is 14.9 Å². The van der Waals surface area contributed by atoms with E-state index in [1.54, 1.807) is 6.07 Å². The molecule has 0 aliphatic rings. The third-order valence-electron chi connectivity index (χ3n) is 3.54. The fourth-order valence-electron chi connectivity index (χ4n) is 2.35. The molecule has 10 heteroatoms. The standard InChI is InChI=1S/C17H14ClN5O3S/c1-2-26-13-5-3-4-12(9-13)16-20-21-17(27)22(16)19-10-11-6-7-14(18)15(8-11)23(24)25/h3-10H,2H2,1H3,(H,21,27). The quantitative estimate of drug-likeness (QED) is 0.284. The van der Waals surface area contributed by atoms with Gasteiger partial charge in [0.25, 0.3) is 5.69 Å². The van der Waals surface area contributed by atoms with E-state index in [0.29, 0.717) is 23.7 Å². The van der Waals surface area contributed by atoms with Crippen molar-refractivity contribution in [3.63, 3.8) is 0 Å². The number of nitrogens with one attached hydrogen (secondary N) is 1. The van der Waals surface area contributed by atoms with E-state index in [4.69, 9.17) is 28.6 Å². The molecule has 27 heavy (non-hydrogen) atoms. The van der Waals surface area contributed by atoms with E-state index in [9.17, 15) is 10.1 Å². The minimum absolute atomic E-state index is 0.0606. The zero-order valence-corrected chi connectivity index (χ0v) is 15.7. The minimum Gasteiger partial charge on any atom is -0.494 e. The summed E-state index contributed by atoms with van der Waals surface area (Å²) < 4.78 is 7.22. The van der Waals surface area contributed by atoms with Crippen LogP contribution in [-0.2, 0) is 0 Å². The highest BCUT2D eigenvalue weighted by molar-refractivity contribution is 7.71. The lowest BCUT2D eigenvalue weighted by molar-refractivity contribution is -0.384. The maximum atomic E-state index is 11.0. The molecule has 3 rings (SSSR count). The average molecular weight is 404 g/mol. The smallest absolute Gasteiger partial charge is 0.288 e. The van der Waals surface area contributed by atoms with Gasteiger partial charge in [0.2, 0.25) is 4.77 Å². The highest BCUT2D eigenvalue weighted by Gasteiger charge is 2.13. The molecule has 138 valence electrons. The van der Waals surface area contributed by atoms with Crippen molar-refractivity contribution < 1.29 is 9.66 Å². The molecule has 1 heterocycles. The highest BCUT2D eigenvalue weighted by atomic mass is 35.5. The predicted molar refractivity (Wildman–Crippen MR) is 105 cm³/mol. The van der Waals surface area contributed by atoms with Crippen LogP contribution in [0.2, 0.25) is 5.02 Å². The van der Waals surface area contributed by atoms with Crippen molar-refractivity contribution in [3.8, 4) is 17.1 Å². The van der Waals surface area contributed by atoms with Crippen LogP contribution in [0.25, 0.3) is 11.4 Å². The van der Waals surface area contributed by atoms with Crippen LogP contribution in [0.15, 0.2) is 47.6 Å². The second-order valence-corrected chi connectivity index (χ2v) is 6.13. The van der Waals surface area contributed by atoms with Gasteiger partial charge in [-0.15, -0.1) is 0 Å². The fraction of sp³-hybridized carbons (Fsp3) is 0.118. The van der Waals surface area contributed by atoms with Gasteiger partial charge in [0.05, 0.1) is 17.7 Å². The largest absolute Gasteiger partial charge is 0.494 e. The van der Waals surface area contributed by atoms with Crippen molar-refractivity contribution in [1.82, 2.24) is 14.9 Å². The molecule has 1 N–H and O–H groups in total. The van der Waals surface area contributed by atoms with Gasteiger partial charge in [0.15, 0.2) is 5.82 Å². The van der Waals surface area contributed by atoms with Gasteiger partial charge >= 0.3 is 0 Å². The molecule has 8 nitrogen and oxygen atoms in total. The van der Waals surface area contributed by atoms with Crippen molar-refractivity contribution in [1.29, 1.82) is 0 Å². The summed E-state index contributed by atoms with van der Waals surface area (Å²) in [7, 11) is 0. The van der Waals surface area contributed by atoms with E-state index in [0.717, 1.165) is 5.56 Å². The summed E-state index contributed by atoms with van der Waals surface area (Å²) in [5.41, 5.74) is 1.07. The molecule has 0 radical (unpaired) electrons. The molecule has 0 fully saturated rings. The Bertz CT molecular complexity index is 1080. The van der Waals surface area contributed by atoms with Crippen molar-refractivity contribution in [2.45, 2.75) is 6.92 Å². The SMILES string of the molecule is CCOc1cccc(-c2n[nH]c(=S)n2N=Cc2ccc(Cl)c([N+](=O)[O-])c2)c1. The number of nitro benzene ring substituents is 1. The zero-order valence-electron chi connectivity index (χ0n) is 14.1. The molecule has 0 saturated carbocycles. The number of nitrogens with zero attached hydrogens (tertiary/aromatic N) is 4. The first-order valence-corrected chi connectivity index (χ1v) is 8.67. The number of aromatic amines is 1. The van der Waals surface area contributed by atoms with E-state index in [2.05, 4.69) is 15.3 Å². The molecule has 1 aromatic heterocycles. The number of hydrogen-bond acceptors (Lipinski definition) is 6. The summed E-state index contributed by atoms with van der Waals surface area (Å²) in [4.78, 5) is 10.5. The first-order chi connectivity index (χ1) is 13.0. The second-order valence-electron chi connectivity index (χ2n) is 5.34. The molecular formula is C17H14ClN5O3S. The third-order valence-corrected chi connectivity index (χ3v) is 4.13. The maximum Gasteiger partial charge on any atom is 0.288 e. The predicted octanol–water partition coefficient (Wildman–Crippen LogP) is 4.45. The Labute approximate surface area is 164 Å². The summed E-state index contributed by atoms with van der Waals surface area (Å²) in [6, 6.07) is 11.8. The van der Waals surface area contributed by atoms with Crippen LogP contribution in [0.4, 0.5) is 5.69 Å². The van der Waals surface area contributed by atoms with Crippen molar-refractivity contribution in [2.24, 2.45) is 5.10 Å². The van der Waals surface area contributed by atoms with Gasteiger partial charge in [0, 0.05) is 17.2 Å². The van der Waals surface area contributed by atoms with Gasteiger partial charge in [0.1, 0.15) is 10.8 Å². The summed E-state index contributed by atoms with van der Waals surface area (Å²) >= 11 is 11.1. The lowest BCUT2D eigenvalue weighted by Gasteiger charge is -2.05. The third kappa shape index (κ3) is 4.21. The van der Waals surface area contributed by atoms with E-state index >= 15 is 0 Å². The Kier molecular flexibility index (Phi) is 5.63. The topological polar surface area (TPSA) is 98.3 Å². The highest BCUT2D eigenvalue weighted by Crippen LogP contribution is 2.25. The van der Waals surface area contributed by atoms with Crippen LogP contribution >= 0.6 is 23.8 Å². The van der Waals surface area contributed by atoms with E-state index in [1.165, 1.54) is 23.0 Å². The van der Waals surface area contributed by atoms with Crippen molar-refractivity contribution in [3.05, 3.63) is 67.9 Å². The molecule has 0 unspecified atom stereocenters. The number of benzene rings is 2. The Hall–Kier alpha value is -3.04. The number of halogens is 1. The molecule has 0 aliphatic heterocycles. The lowest BCUT2D eigenvalue weighted by atomic mass is 10.2. The molecule has 0 amide bonds. The Morgan fingerprint density at radius 2 is 2.22 bits per heavy atom. The molecule has 0 spiro atoms. The summed E-state index contributed by atoms with van der Waals surface area (Å²) in [6.45, 7) is 2.45. The molecule has 0 bridgehead atoms. The Balaban J connectivity index is 1.97. The van der Waals surface area contributed by atoms with Gasteiger partial charge in [-0.05, 0) is 37.3 Å². The van der Waals surface area contributed by atoms with Crippen molar-refractivity contribution >= 4 is 35.7 Å². The summed E-state index contributed by atoms with van der Waals surface area (Å²) in [6.07, 6.45) is 1.45. The van der Waals surface area contributed by atoms with Gasteiger partial charge in [-0.3, -0.25) is 10.1 Å². The second kappa shape index (κ2) is 8.11. The molecular weight excluding hydrogens is 390 g/mol. The van der Waals surface area contributed by atoms with Gasteiger partial charge in [-0.1, -0.05) is 29.8 Å². The number of ether oxygens (including phenoxy) is 1. The first kappa shape index (κ1) is 18.7. The lowest BCUT2D eigenvalue weighted by Crippen LogP contribution is -1.97. The monoisotopic (exact) mass is 403 g/mol. The Morgan fingerprint density at radius 1 is 1.41 bits per heavy atom. The molecule has 3 aromatic rings.